The average Bonchev–Trinajstić information content (AvgIpc) is 3.16. The molecule has 3 heterocycles. The van der Waals surface area contributed by atoms with Crippen LogP contribution in [-0.2, 0) is 4.79 Å². The smallest absolute Gasteiger partial charge is 0.269 e. The van der Waals surface area contributed by atoms with Gasteiger partial charge in [-0.15, -0.1) is 10.2 Å². The summed E-state index contributed by atoms with van der Waals surface area (Å²) < 4.78 is 1.58. The zero-order valence-corrected chi connectivity index (χ0v) is 15.6. The standard InChI is InChI=1S/C18H13N7O3S/c26-16(20-12-4-6-13(7-5-12)25(27)28)11-29-17-9-8-15-21-22-18(24(15)23-17)14-3-1-2-10-19-14/h1-10H,11H2,(H,20,26). The number of fused-ring (bicyclic) bond motifs is 1. The molecule has 0 bridgehead atoms. The normalized spacial score (nSPS) is 10.8. The van der Waals surface area contributed by atoms with Crippen molar-refractivity contribution in [2.24, 2.45) is 0 Å². The fourth-order valence-corrected chi connectivity index (χ4v) is 3.16. The predicted molar refractivity (Wildman–Crippen MR) is 106 cm³/mol. The van der Waals surface area contributed by atoms with Gasteiger partial charge in [0.2, 0.25) is 11.7 Å². The molecule has 0 saturated carbocycles. The molecule has 1 N–H and O–H groups in total. The fraction of sp³-hybridized carbons (Fsp3) is 0.0556. The third-order valence-electron chi connectivity index (χ3n) is 3.85. The molecule has 0 aliphatic carbocycles. The number of hydrogen-bond donors (Lipinski definition) is 1. The molecule has 0 spiro atoms. The lowest BCUT2D eigenvalue weighted by Gasteiger charge is -2.05. The molecule has 1 aromatic carbocycles. The van der Waals surface area contributed by atoms with Gasteiger partial charge in [0.15, 0.2) is 5.65 Å². The first kappa shape index (κ1) is 18.5. The molecule has 0 unspecified atom stereocenters. The van der Waals surface area contributed by atoms with Crippen LogP contribution in [0.25, 0.3) is 17.2 Å². The van der Waals surface area contributed by atoms with Gasteiger partial charge in [0.1, 0.15) is 10.7 Å². The highest BCUT2D eigenvalue weighted by atomic mass is 32.2. The van der Waals surface area contributed by atoms with Gasteiger partial charge in [-0.3, -0.25) is 19.9 Å². The number of nitro groups is 1. The Balaban J connectivity index is 1.44. The van der Waals surface area contributed by atoms with Crippen LogP contribution in [-0.4, -0.2) is 41.4 Å². The first-order chi connectivity index (χ1) is 14.1. The van der Waals surface area contributed by atoms with Crippen LogP contribution < -0.4 is 5.32 Å². The maximum Gasteiger partial charge on any atom is 0.269 e. The number of hydrogen-bond acceptors (Lipinski definition) is 8. The first-order valence-corrected chi connectivity index (χ1v) is 9.40. The lowest BCUT2D eigenvalue weighted by Crippen LogP contribution is -2.14. The molecule has 10 nitrogen and oxygen atoms in total. The number of carbonyl (C=O) groups is 1. The Morgan fingerprint density at radius 2 is 1.93 bits per heavy atom. The number of thioether (sulfide) groups is 1. The molecule has 1 amide bonds. The molecule has 0 fully saturated rings. The molecule has 4 rings (SSSR count). The Hall–Kier alpha value is -3.86. The number of rotatable bonds is 6. The Morgan fingerprint density at radius 3 is 2.66 bits per heavy atom. The van der Waals surface area contributed by atoms with Crippen molar-refractivity contribution in [3.63, 3.8) is 0 Å². The van der Waals surface area contributed by atoms with E-state index in [1.165, 1.54) is 36.0 Å². The highest BCUT2D eigenvalue weighted by molar-refractivity contribution is 7.99. The number of pyridine rings is 1. The van der Waals surface area contributed by atoms with Gasteiger partial charge in [0.05, 0.1) is 10.7 Å². The van der Waals surface area contributed by atoms with Crippen LogP contribution in [0.3, 0.4) is 0 Å². The second-order valence-electron chi connectivity index (χ2n) is 5.82. The van der Waals surface area contributed by atoms with Crippen molar-refractivity contribution in [2.75, 3.05) is 11.1 Å². The van der Waals surface area contributed by atoms with Crippen LogP contribution in [0.1, 0.15) is 0 Å². The Bertz CT molecular complexity index is 1180. The summed E-state index contributed by atoms with van der Waals surface area (Å²) in [5, 5.41) is 26.7. The maximum atomic E-state index is 12.2. The summed E-state index contributed by atoms with van der Waals surface area (Å²) in [6, 6.07) is 14.7. The van der Waals surface area contributed by atoms with E-state index in [9.17, 15) is 14.9 Å². The molecule has 0 radical (unpaired) electrons. The lowest BCUT2D eigenvalue weighted by atomic mass is 10.3. The topological polar surface area (TPSA) is 128 Å². The SMILES string of the molecule is O=C(CSc1ccc2nnc(-c3ccccn3)n2n1)Nc1ccc([N+](=O)[O-])cc1. The summed E-state index contributed by atoms with van der Waals surface area (Å²) in [6.07, 6.45) is 1.66. The van der Waals surface area contributed by atoms with Gasteiger partial charge in [-0.25, -0.2) is 0 Å². The highest BCUT2D eigenvalue weighted by Crippen LogP contribution is 2.20. The minimum absolute atomic E-state index is 0.0347. The summed E-state index contributed by atoms with van der Waals surface area (Å²) in [5.74, 6) is 0.383. The van der Waals surface area contributed by atoms with Crippen molar-refractivity contribution in [2.45, 2.75) is 5.03 Å². The second-order valence-corrected chi connectivity index (χ2v) is 6.82. The van der Waals surface area contributed by atoms with Crippen LogP contribution >= 0.6 is 11.8 Å². The number of amides is 1. The van der Waals surface area contributed by atoms with Crippen molar-refractivity contribution in [3.05, 3.63) is 70.9 Å². The highest BCUT2D eigenvalue weighted by Gasteiger charge is 2.12. The van der Waals surface area contributed by atoms with Crippen molar-refractivity contribution in [1.82, 2.24) is 24.8 Å². The zero-order valence-electron chi connectivity index (χ0n) is 14.8. The number of nitrogens with one attached hydrogen (secondary N) is 1. The predicted octanol–water partition coefficient (Wildman–Crippen LogP) is 2.83. The Kier molecular flexibility index (Phi) is 5.12. The van der Waals surface area contributed by atoms with Crippen LogP contribution in [0.2, 0.25) is 0 Å². The number of carbonyl (C=O) groups excluding carboxylic acids is 1. The molecule has 144 valence electrons. The van der Waals surface area contributed by atoms with E-state index in [1.54, 1.807) is 22.8 Å². The van der Waals surface area contributed by atoms with Crippen molar-refractivity contribution in [1.29, 1.82) is 0 Å². The maximum absolute atomic E-state index is 12.2. The van der Waals surface area contributed by atoms with Crippen molar-refractivity contribution >= 4 is 34.7 Å². The van der Waals surface area contributed by atoms with E-state index in [4.69, 9.17) is 0 Å². The number of nitrogens with zero attached hydrogens (tertiary/aromatic N) is 6. The quantitative estimate of drug-likeness (QED) is 0.293. The molecular weight excluding hydrogens is 394 g/mol. The lowest BCUT2D eigenvalue weighted by molar-refractivity contribution is -0.384. The Morgan fingerprint density at radius 1 is 1.10 bits per heavy atom. The molecule has 3 aromatic heterocycles. The third-order valence-corrected chi connectivity index (χ3v) is 4.77. The zero-order chi connectivity index (χ0) is 20.2. The number of benzene rings is 1. The Labute approximate surface area is 168 Å². The van der Waals surface area contributed by atoms with E-state index < -0.39 is 4.92 Å². The van der Waals surface area contributed by atoms with Crippen LogP contribution in [0.15, 0.2) is 65.8 Å². The number of non-ortho nitro benzene ring substituents is 1. The molecule has 29 heavy (non-hydrogen) atoms. The van der Waals surface area contributed by atoms with Crippen molar-refractivity contribution in [3.8, 4) is 11.5 Å². The van der Waals surface area contributed by atoms with E-state index in [0.717, 1.165) is 0 Å². The molecule has 4 aromatic rings. The molecule has 0 aliphatic rings. The van der Waals surface area contributed by atoms with Crippen molar-refractivity contribution < 1.29 is 9.72 Å². The molecule has 0 atom stereocenters. The minimum atomic E-state index is -0.493. The number of anilines is 1. The molecular formula is C18H13N7O3S. The van der Waals surface area contributed by atoms with Gasteiger partial charge < -0.3 is 5.32 Å². The monoisotopic (exact) mass is 407 g/mol. The van der Waals surface area contributed by atoms with Gasteiger partial charge >= 0.3 is 0 Å². The summed E-state index contributed by atoms with van der Waals surface area (Å²) in [5.41, 5.74) is 1.67. The van der Waals surface area contributed by atoms with E-state index in [0.29, 0.717) is 27.9 Å². The minimum Gasteiger partial charge on any atom is -0.325 e. The van der Waals surface area contributed by atoms with E-state index in [-0.39, 0.29) is 17.3 Å². The first-order valence-electron chi connectivity index (χ1n) is 8.41. The van der Waals surface area contributed by atoms with Gasteiger partial charge in [0.25, 0.3) is 5.69 Å². The third kappa shape index (κ3) is 4.19. The van der Waals surface area contributed by atoms with Gasteiger partial charge in [-0.1, -0.05) is 17.8 Å². The van der Waals surface area contributed by atoms with E-state index >= 15 is 0 Å². The van der Waals surface area contributed by atoms with Gasteiger partial charge in [0, 0.05) is 24.0 Å². The largest absolute Gasteiger partial charge is 0.325 e. The number of nitro benzene ring substituents is 1. The van der Waals surface area contributed by atoms with Gasteiger partial charge in [-0.05, 0) is 36.4 Å². The van der Waals surface area contributed by atoms with Crippen LogP contribution in [0, 0.1) is 10.1 Å². The van der Waals surface area contributed by atoms with Crippen LogP contribution in [0.5, 0.6) is 0 Å². The van der Waals surface area contributed by atoms with Gasteiger partial charge in [-0.2, -0.15) is 9.61 Å². The molecule has 0 saturated heterocycles. The summed E-state index contributed by atoms with van der Waals surface area (Å²) >= 11 is 1.25. The fourth-order valence-electron chi connectivity index (χ4n) is 2.51. The van der Waals surface area contributed by atoms with E-state index in [2.05, 4.69) is 25.6 Å². The number of aromatic nitrogens is 5. The average molecular weight is 407 g/mol. The second kappa shape index (κ2) is 8.02. The van der Waals surface area contributed by atoms with E-state index in [1.807, 2.05) is 18.2 Å². The summed E-state index contributed by atoms with van der Waals surface area (Å²) in [7, 11) is 0. The summed E-state index contributed by atoms with van der Waals surface area (Å²) in [6.45, 7) is 0. The summed E-state index contributed by atoms with van der Waals surface area (Å²) in [4.78, 5) is 26.6. The van der Waals surface area contributed by atoms with Crippen LogP contribution in [0.4, 0.5) is 11.4 Å². The molecule has 0 aliphatic heterocycles. The molecule has 11 heteroatoms.